The van der Waals surface area contributed by atoms with Crippen LogP contribution in [0.3, 0.4) is 0 Å². The predicted octanol–water partition coefficient (Wildman–Crippen LogP) is 0.0849. The number of nitrogens with zero attached hydrogens (tertiary/aromatic N) is 2. The lowest BCUT2D eigenvalue weighted by Crippen LogP contribution is -1.90. The summed E-state index contributed by atoms with van der Waals surface area (Å²) < 4.78 is 0. The van der Waals surface area contributed by atoms with E-state index in [0.29, 0.717) is 5.69 Å². The van der Waals surface area contributed by atoms with Crippen molar-refractivity contribution in [2.45, 2.75) is 0 Å². The second-order valence-electron chi connectivity index (χ2n) is 2.03. The molecule has 2 rings (SSSR count). The Hall–Kier alpha value is -1.58. The van der Waals surface area contributed by atoms with Crippen LogP contribution in [0, 0.1) is 0 Å². The van der Waals surface area contributed by atoms with E-state index in [1.807, 2.05) is 0 Å². The van der Waals surface area contributed by atoms with Crippen molar-refractivity contribution in [1.82, 2.24) is 9.98 Å². The highest BCUT2D eigenvalue weighted by Gasteiger charge is 2.18. The van der Waals surface area contributed by atoms with Gasteiger partial charge < -0.3 is 5.73 Å². The van der Waals surface area contributed by atoms with Gasteiger partial charge in [-0.25, -0.2) is 5.32 Å². The van der Waals surface area contributed by atoms with Gasteiger partial charge in [0.2, 0.25) is 5.69 Å². The van der Waals surface area contributed by atoms with E-state index in [-0.39, 0.29) is 0 Å². The lowest BCUT2D eigenvalue weighted by atomic mass is 10.3. The van der Waals surface area contributed by atoms with Gasteiger partial charge in [0, 0.05) is 0 Å². The Morgan fingerprint density at radius 2 is 2.40 bits per heavy atom. The Kier molecular flexibility index (Phi) is 0.887. The molecule has 0 saturated carbocycles. The summed E-state index contributed by atoms with van der Waals surface area (Å²) in [5.74, 6) is 0. The third kappa shape index (κ3) is 0.556. The first-order valence-electron chi connectivity index (χ1n) is 2.90. The Bertz CT molecular complexity index is 292. The van der Waals surface area contributed by atoms with Gasteiger partial charge in [-0.3, -0.25) is 4.98 Å². The van der Waals surface area contributed by atoms with Gasteiger partial charge in [-0.15, -0.1) is 0 Å². The van der Waals surface area contributed by atoms with Crippen LogP contribution in [0.15, 0.2) is 12.4 Å². The SMILES string of the molecule is Nc1cncc2c1[N+]=CN2. The van der Waals surface area contributed by atoms with Crippen LogP contribution in [0.1, 0.15) is 0 Å². The van der Waals surface area contributed by atoms with Crippen LogP contribution < -0.4 is 16.0 Å². The first kappa shape index (κ1) is 5.22. The average Bonchev–Trinajstić information content (AvgIpc) is 2.36. The molecule has 10 heavy (non-hydrogen) atoms. The van der Waals surface area contributed by atoms with Gasteiger partial charge in [-0.05, 0) is 4.99 Å². The van der Waals surface area contributed by atoms with Crippen molar-refractivity contribution in [1.29, 1.82) is 0 Å². The Labute approximate surface area is 57.8 Å². The zero-order chi connectivity index (χ0) is 6.97. The van der Waals surface area contributed by atoms with E-state index >= 15 is 0 Å². The topological polar surface area (TPSA) is 65.0 Å². The van der Waals surface area contributed by atoms with Gasteiger partial charge in [-0.2, -0.15) is 0 Å². The molecular weight excluding hydrogens is 128 g/mol. The Balaban J connectivity index is 2.67. The number of hydrogen-bond acceptors (Lipinski definition) is 4. The number of anilines is 2. The highest BCUT2D eigenvalue weighted by atomic mass is 15.0. The van der Waals surface area contributed by atoms with Gasteiger partial charge in [0.15, 0.2) is 5.69 Å². The zero-order valence-corrected chi connectivity index (χ0v) is 5.20. The summed E-state index contributed by atoms with van der Waals surface area (Å²) in [6.45, 7) is 0. The fraction of sp³-hybridized carbons (Fsp3) is 0. The number of hydrogen-bond donors (Lipinski definition) is 2. The highest BCUT2D eigenvalue weighted by Crippen LogP contribution is 2.27. The molecule has 0 atom stereocenters. The predicted molar refractivity (Wildman–Crippen MR) is 40.1 cm³/mol. The molecule has 0 unspecified atom stereocenters. The quantitative estimate of drug-likeness (QED) is 0.528. The van der Waals surface area contributed by atoms with Crippen LogP contribution in [0.2, 0.25) is 0 Å². The van der Waals surface area contributed by atoms with Gasteiger partial charge in [0.25, 0.3) is 6.34 Å². The minimum Gasteiger partial charge on any atom is -0.394 e. The minimum atomic E-state index is 0.610. The lowest BCUT2D eigenvalue weighted by Gasteiger charge is -1.90. The first-order valence-corrected chi connectivity index (χ1v) is 2.90. The Morgan fingerprint density at radius 3 is 3.20 bits per heavy atom. The van der Waals surface area contributed by atoms with E-state index in [0.717, 1.165) is 11.4 Å². The summed E-state index contributed by atoms with van der Waals surface area (Å²) in [5.41, 5.74) is 7.83. The second-order valence-corrected chi connectivity index (χ2v) is 2.03. The summed E-state index contributed by atoms with van der Waals surface area (Å²) in [6.07, 6.45) is 4.88. The van der Waals surface area contributed by atoms with Gasteiger partial charge >= 0.3 is 0 Å². The molecule has 1 radical (unpaired) electrons. The molecule has 0 aliphatic carbocycles. The van der Waals surface area contributed by atoms with Crippen molar-refractivity contribution >= 4 is 23.4 Å². The van der Waals surface area contributed by atoms with Gasteiger partial charge in [-0.1, -0.05) is 0 Å². The van der Waals surface area contributed by atoms with E-state index in [4.69, 9.17) is 5.73 Å². The fourth-order valence-corrected chi connectivity index (χ4v) is 0.886. The number of rotatable bonds is 0. The Morgan fingerprint density at radius 1 is 1.50 bits per heavy atom. The molecule has 0 saturated heterocycles. The summed E-state index contributed by atoms with van der Waals surface area (Å²) >= 11 is 0. The molecule has 49 valence electrons. The molecule has 1 aliphatic heterocycles. The number of aliphatic imine (C=N–C) groups is 1. The molecule has 1 aliphatic rings. The molecule has 1 aromatic heterocycles. The normalized spacial score (nSPS) is 12.8. The number of nitrogen functional groups attached to an aromatic ring is 1. The first-order chi connectivity index (χ1) is 4.88. The molecular formula is C6H6N4+. The highest BCUT2D eigenvalue weighted by molar-refractivity contribution is 5.93. The van der Waals surface area contributed by atoms with Crippen LogP contribution in [0.25, 0.3) is 0 Å². The summed E-state index contributed by atoms with van der Waals surface area (Å²) in [5, 5.41) is 2.91. The van der Waals surface area contributed by atoms with E-state index in [2.05, 4.69) is 15.3 Å². The standard InChI is InChI=1S/C6H6N4/c7-4-1-8-2-5-6(4)10-3-9-5/h1-3,9H,7H2/q+1. The number of nitrogens with one attached hydrogen (secondary N) is 1. The minimum absolute atomic E-state index is 0.610. The summed E-state index contributed by atoms with van der Waals surface area (Å²) in [7, 11) is 0. The molecule has 0 spiro atoms. The van der Waals surface area contributed by atoms with E-state index in [9.17, 15) is 0 Å². The van der Waals surface area contributed by atoms with Crippen LogP contribution in [0.4, 0.5) is 17.1 Å². The van der Waals surface area contributed by atoms with E-state index < -0.39 is 0 Å². The average molecular weight is 134 g/mol. The maximum Gasteiger partial charge on any atom is 0.285 e. The lowest BCUT2D eigenvalue weighted by molar-refractivity contribution is 1.31. The van der Waals surface area contributed by atoms with Crippen LogP contribution in [0.5, 0.6) is 0 Å². The molecule has 4 heteroatoms. The van der Waals surface area contributed by atoms with Crippen LogP contribution >= 0.6 is 0 Å². The molecule has 0 fully saturated rings. The summed E-state index contributed by atoms with van der Waals surface area (Å²) in [6, 6.07) is 0. The van der Waals surface area contributed by atoms with Crippen molar-refractivity contribution in [2.24, 2.45) is 0 Å². The molecule has 1 aromatic rings. The molecule has 3 N–H and O–H groups in total. The summed E-state index contributed by atoms with van der Waals surface area (Å²) in [4.78, 5) is 7.89. The van der Waals surface area contributed by atoms with Gasteiger partial charge in [0.05, 0.1) is 12.4 Å². The third-order valence-electron chi connectivity index (χ3n) is 1.36. The number of pyridine rings is 1. The smallest absolute Gasteiger partial charge is 0.285 e. The molecule has 0 amide bonds. The van der Waals surface area contributed by atoms with Crippen molar-refractivity contribution in [2.75, 3.05) is 11.1 Å². The second kappa shape index (κ2) is 1.70. The number of aromatic nitrogens is 1. The van der Waals surface area contributed by atoms with Crippen molar-refractivity contribution in [3.63, 3.8) is 0 Å². The van der Waals surface area contributed by atoms with Crippen molar-refractivity contribution in [3.05, 3.63) is 12.4 Å². The maximum atomic E-state index is 5.56. The molecule has 4 nitrogen and oxygen atoms in total. The van der Waals surface area contributed by atoms with Gasteiger partial charge in [0.1, 0.15) is 5.69 Å². The number of fused-ring (bicyclic) bond motifs is 1. The maximum absolute atomic E-state index is 5.56. The van der Waals surface area contributed by atoms with Crippen LogP contribution in [-0.4, -0.2) is 11.3 Å². The monoisotopic (exact) mass is 134 g/mol. The molecule has 0 aromatic carbocycles. The van der Waals surface area contributed by atoms with Crippen molar-refractivity contribution in [3.8, 4) is 0 Å². The van der Waals surface area contributed by atoms with E-state index in [1.165, 1.54) is 0 Å². The zero-order valence-electron chi connectivity index (χ0n) is 5.20. The van der Waals surface area contributed by atoms with Crippen LogP contribution in [-0.2, 0) is 0 Å². The number of nitrogens with two attached hydrogens (primary N) is 1. The largest absolute Gasteiger partial charge is 0.394 e. The van der Waals surface area contributed by atoms with E-state index in [1.54, 1.807) is 18.7 Å². The van der Waals surface area contributed by atoms with Crippen molar-refractivity contribution < 1.29 is 0 Å². The molecule has 2 heterocycles. The third-order valence-corrected chi connectivity index (χ3v) is 1.36. The fourth-order valence-electron chi connectivity index (χ4n) is 0.886. The molecule has 0 bridgehead atoms.